The minimum absolute atomic E-state index is 0.0928. The summed E-state index contributed by atoms with van der Waals surface area (Å²) in [5.74, 6) is 0. The topological polar surface area (TPSA) is 63.6 Å². The van der Waals surface area contributed by atoms with E-state index < -0.39 is 16.2 Å². The van der Waals surface area contributed by atoms with E-state index in [1.54, 1.807) is 18.2 Å². The molecule has 1 aromatic carbocycles. The van der Waals surface area contributed by atoms with Gasteiger partial charge in [-0.3, -0.25) is 4.18 Å². The molecule has 0 aliphatic heterocycles. The van der Waals surface area contributed by atoms with Gasteiger partial charge in [0.05, 0.1) is 17.6 Å². The maximum Gasteiger partial charge on any atom is 0.297 e. The van der Waals surface area contributed by atoms with Gasteiger partial charge in [0.25, 0.3) is 10.1 Å². The lowest BCUT2D eigenvalue weighted by Crippen LogP contribution is -2.17. The summed E-state index contributed by atoms with van der Waals surface area (Å²) in [5.41, 5.74) is 0.969. The molecule has 116 valence electrons. The molecule has 0 saturated carbocycles. The van der Waals surface area contributed by atoms with Crippen LogP contribution < -0.4 is 0 Å². The fourth-order valence-corrected chi connectivity index (χ4v) is 2.55. The molecule has 0 aliphatic rings. The van der Waals surface area contributed by atoms with E-state index in [1.165, 1.54) is 12.1 Å². The molecule has 0 heterocycles. The Hall–Kier alpha value is -1.43. The van der Waals surface area contributed by atoms with Crippen LogP contribution in [-0.2, 0) is 14.3 Å². The summed E-state index contributed by atoms with van der Waals surface area (Å²) < 4.78 is 28.6. The predicted molar refractivity (Wildman–Crippen MR) is 83.5 cm³/mol. The molecule has 0 unspecified atom stereocenters. The van der Waals surface area contributed by atoms with Gasteiger partial charge in [-0.15, -0.1) is 6.58 Å². The van der Waals surface area contributed by atoms with Crippen molar-refractivity contribution in [3.05, 3.63) is 54.6 Å². The number of rotatable bonds is 9. The van der Waals surface area contributed by atoms with E-state index in [0.29, 0.717) is 0 Å². The Bertz CT molecular complexity index is 558. The van der Waals surface area contributed by atoms with Gasteiger partial charge in [-0.05, 0) is 38.3 Å². The van der Waals surface area contributed by atoms with E-state index in [9.17, 15) is 13.5 Å². The Morgan fingerprint density at radius 2 is 1.95 bits per heavy atom. The van der Waals surface area contributed by atoms with Crippen LogP contribution in [0, 0.1) is 6.92 Å². The Morgan fingerprint density at radius 3 is 2.57 bits per heavy atom. The Morgan fingerprint density at radius 1 is 1.29 bits per heavy atom. The highest BCUT2D eigenvalue weighted by Gasteiger charge is 2.16. The van der Waals surface area contributed by atoms with E-state index >= 15 is 0 Å². The molecule has 0 spiro atoms. The van der Waals surface area contributed by atoms with E-state index in [2.05, 4.69) is 6.58 Å². The van der Waals surface area contributed by atoms with Gasteiger partial charge in [0.1, 0.15) is 0 Å². The van der Waals surface area contributed by atoms with Gasteiger partial charge in [0.15, 0.2) is 0 Å². The van der Waals surface area contributed by atoms with E-state index in [1.807, 2.05) is 19.1 Å². The normalized spacial score (nSPS) is 13.4. The van der Waals surface area contributed by atoms with Crippen LogP contribution in [0.1, 0.15) is 24.8 Å². The fraction of sp³-hybridized carbons (Fsp3) is 0.375. The second-order valence-electron chi connectivity index (χ2n) is 4.77. The van der Waals surface area contributed by atoms with Crippen LogP contribution >= 0.6 is 0 Å². The highest BCUT2D eigenvalue weighted by Crippen LogP contribution is 2.13. The average molecular weight is 310 g/mol. The lowest BCUT2D eigenvalue weighted by atomic mass is 10.2. The molecular weight excluding hydrogens is 288 g/mol. The third-order valence-corrected chi connectivity index (χ3v) is 4.14. The molecule has 0 saturated heterocycles. The lowest BCUT2D eigenvalue weighted by molar-refractivity contribution is 0.147. The van der Waals surface area contributed by atoms with Crippen LogP contribution in [-0.4, -0.2) is 26.2 Å². The molecule has 21 heavy (non-hydrogen) atoms. The number of aliphatic hydroxyl groups is 1. The molecular formula is C16H22O4S. The van der Waals surface area contributed by atoms with Crippen molar-refractivity contribution in [2.75, 3.05) is 6.61 Å². The molecule has 1 N–H and O–H groups in total. The molecule has 0 aromatic heterocycles. The van der Waals surface area contributed by atoms with E-state index in [0.717, 1.165) is 24.8 Å². The van der Waals surface area contributed by atoms with Gasteiger partial charge in [0.2, 0.25) is 0 Å². The molecule has 1 aromatic rings. The molecule has 0 fully saturated rings. The zero-order valence-corrected chi connectivity index (χ0v) is 13.1. The van der Waals surface area contributed by atoms with Crippen molar-refractivity contribution in [3.63, 3.8) is 0 Å². The monoisotopic (exact) mass is 310 g/mol. The number of aryl methyl sites for hydroxylation is 1. The first-order chi connectivity index (χ1) is 9.95. The van der Waals surface area contributed by atoms with Gasteiger partial charge in [0, 0.05) is 0 Å². The van der Waals surface area contributed by atoms with Crippen LogP contribution in [0.3, 0.4) is 0 Å². The maximum absolute atomic E-state index is 11.9. The van der Waals surface area contributed by atoms with Gasteiger partial charge in [-0.2, -0.15) is 8.42 Å². The highest BCUT2D eigenvalue weighted by atomic mass is 32.2. The zero-order valence-electron chi connectivity index (χ0n) is 12.2. The summed E-state index contributed by atoms with van der Waals surface area (Å²) in [6, 6.07) is 6.38. The smallest absolute Gasteiger partial charge is 0.297 e. The number of hydrogen-bond acceptors (Lipinski definition) is 4. The first kappa shape index (κ1) is 17.6. The fourth-order valence-electron chi connectivity index (χ4n) is 1.62. The second-order valence-corrected chi connectivity index (χ2v) is 6.38. The standard InChI is InChI=1S/C16H22O4S/c1-3-4-5-6-7-8-15(17)13-20-21(18,19)16-11-9-14(2)10-12-16/h3,7-12,15,17H,1,4-6,13H2,2H3/b8-7+/t15-/m1/s1. The van der Waals surface area contributed by atoms with Crippen LogP contribution in [0.5, 0.6) is 0 Å². The quantitative estimate of drug-likeness (QED) is 0.433. The number of unbranched alkanes of at least 4 members (excludes halogenated alkanes) is 2. The van der Waals surface area contributed by atoms with Crippen molar-refractivity contribution < 1.29 is 17.7 Å². The summed E-state index contributed by atoms with van der Waals surface area (Å²) in [4.78, 5) is 0.0928. The summed E-state index contributed by atoms with van der Waals surface area (Å²) in [5, 5.41) is 9.66. The molecule has 0 amide bonds. The number of allylic oxidation sites excluding steroid dienone is 2. The van der Waals surface area contributed by atoms with Crippen molar-refractivity contribution in [2.45, 2.75) is 37.2 Å². The molecule has 0 bridgehead atoms. The summed E-state index contributed by atoms with van der Waals surface area (Å²) >= 11 is 0. The first-order valence-electron chi connectivity index (χ1n) is 6.87. The van der Waals surface area contributed by atoms with Crippen LogP contribution in [0.2, 0.25) is 0 Å². The Labute approximate surface area is 126 Å². The average Bonchev–Trinajstić information content (AvgIpc) is 2.45. The molecule has 5 heteroatoms. The highest BCUT2D eigenvalue weighted by molar-refractivity contribution is 7.86. The summed E-state index contributed by atoms with van der Waals surface area (Å²) in [7, 11) is -3.82. The minimum atomic E-state index is -3.82. The van der Waals surface area contributed by atoms with Gasteiger partial charge >= 0.3 is 0 Å². The Balaban J connectivity index is 2.46. The van der Waals surface area contributed by atoms with Crippen molar-refractivity contribution in [2.24, 2.45) is 0 Å². The molecule has 1 rings (SSSR count). The van der Waals surface area contributed by atoms with E-state index in [-0.39, 0.29) is 11.5 Å². The zero-order chi connectivity index (χ0) is 15.7. The second kappa shape index (κ2) is 8.77. The summed E-state index contributed by atoms with van der Waals surface area (Å²) in [6.07, 6.45) is 6.95. The maximum atomic E-state index is 11.9. The minimum Gasteiger partial charge on any atom is -0.387 e. The molecule has 4 nitrogen and oxygen atoms in total. The van der Waals surface area contributed by atoms with Gasteiger partial charge in [-0.1, -0.05) is 35.9 Å². The SMILES string of the molecule is C=CCCC/C=C/[C@@H](O)COS(=O)(=O)c1ccc(C)cc1. The third kappa shape index (κ3) is 6.71. The van der Waals surface area contributed by atoms with Crippen LogP contribution in [0.25, 0.3) is 0 Å². The van der Waals surface area contributed by atoms with Crippen LogP contribution in [0.4, 0.5) is 0 Å². The van der Waals surface area contributed by atoms with Crippen molar-refractivity contribution in [1.29, 1.82) is 0 Å². The van der Waals surface area contributed by atoms with E-state index in [4.69, 9.17) is 4.18 Å². The predicted octanol–water partition coefficient (Wildman–Crippen LogP) is 2.97. The van der Waals surface area contributed by atoms with Crippen molar-refractivity contribution in [1.82, 2.24) is 0 Å². The third-order valence-electron chi connectivity index (χ3n) is 2.84. The first-order valence-corrected chi connectivity index (χ1v) is 8.28. The largest absolute Gasteiger partial charge is 0.387 e. The number of aliphatic hydroxyl groups excluding tert-OH is 1. The van der Waals surface area contributed by atoms with Gasteiger partial charge in [-0.25, -0.2) is 0 Å². The van der Waals surface area contributed by atoms with Crippen molar-refractivity contribution in [3.8, 4) is 0 Å². The lowest BCUT2D eigenvalue weighted by Gasteiger charge is -2.08. The number of hydrogen-bond donors (Lipinski definition) is 1. The molecule has 1 atom stereocenters. The summed E-state index contributed by atoms with van der Waals surface area (Å²) in [6.45, 7) is 5.21. The van der Waals surface area contributed by atoms with Crippen molar-refractivity contribution >= 4 is 10.1 Å². The van der Waals surface area contributed by atoms with Crippen LogP contribution in [0.15, 0.2) is 54.0 Å². The Kier molecular flexibility index (Phi) is 7.36. The molecule has 0 radical (unpaired) electrons. The molecule has 0 aliphatic carbocycles. The number of benzene rings is 1. The van der Waals surface area contributed by atoms with Gasteiger partial charge < -0.3 is 5.11 Å².